The fourth-order valence-corrected chi connectivity index (χ4v) is 2.32. The predicted molar refractivity (Wildman–Crippen MR) is 83.7 cm³/mol. The number of pyridine rings is 1. The van der Waals surface area contributed by atoms with Gasteiger partial charge in [0.2, 0.25) is 0 Å². The van der Waals surface area contributed by atoms with Gasteiger partial charge in [-0.2, -0.15) is 0 Å². The molecule has 104 valence electrons. The number of nitrogens with zero attached hydrogens (tertiary/aromatic N) is 2. The third-order valence-electron chi connectivity index (χ3n) is 2.88. The number of benzene rings is 1. The maximum Gasteiger partial charge on any atom is 0.272 e. The van der Waals surface area contributed by atoms with Crippen LogP contribution < -0.4 is 5.32 Å². The first kappa shape index (κ1) is 14.5. The molecule has 0 fully saturated rings. The summed E-state index contributed by atoms with van der Waals surface area (Å²) < 4.78 is 1.01. The fraction of sp³-hybridized carbons (Fsp3) is 0.200. The monoisotopic (exact) mass is 333 g/mol. The Hall–Kier alpha value is -1.88. The molecular weight excluding hydrogens is 318 g/mol. The van der Waals surface area contributed by atoms with Gasteiger partial charge in [-0.05, 0) is 29.8 Å². The van der Waals surface area contributed by atoms with E-state index in [0.717, 1.165) is 10.0 Å². The largest absolute Gasteiger partial charge is 0.373 e. The molecular formula is C15H16BrN3O. The molecule has 1 aromatic heterocycles. The molecule has 4 nitrogen and oxygen atoms in total. The van der Waals surface area contributed by atoms with Crippen molar-refractivity contribution in [1.29, 1.82) is 0 Å². The highest BCUT2D eigenvalue weighted by Crippen LogP contribution is 2.14. The van der Waals surface area contributed by atoms with Gasteiger partial charge in [0.15, 0.2) is 0 Å². The summed E-state index contributed by atoms with van der Waals surface area (Å²) in [5, 5.41) is 2.93. The molecule has 1 amide bonds. The number of aromatic nitrogens is 1. The molecule has 2 aromatic rings. The minimum atomic E-state index is -0.0953. The fourth-order valence-electron chi connectivity index (χ4n) is 1.87. The molecule has 1 aromatic carbocycles. The molecule has 2 rings (SSSR count). The number of nitrogens with one attached hydrogen (secondary N) is 1. The first-order chi connectivity index (χ1) is 9.60. The van der Waals surface area contributed by atoms with Crippen molar-refractivity contribution in [3.05, 3.63) is 58.2 Å². The number of carbonyl (C=O) groups excluding carboxylic acids is 1. The molecule has 0 aliphatic carbocycles. The second-order valence-electron chi connectivity index (χ2n) is 4.45. The van der Waals surface area contributed by atoms with Gasteiger partial charge in [-0.15, -0.1) is 0 Å². The highest BCUT2D eigenvalue weighted by atomic mass is 79.9. The molecule has 20 heavy (non-hydrogen) atoms. The van der Waals surface area contributed by atoms with Crippen LogP contribution in [0.5, 0.6) is 0 Å². The van der Waals surface area contributed by atoms with Crippen LogP contribution in [0.2, 0.25) is 0 Å². The maximum atomic E-state index is 12.3. The van der Waals surface area contributed by atoms with Crippen LogP contribution in [0.15, 0.2) is 46.9 Å². The lowest BCUT2D eigenvalue weighted by atomic mass is 10.2. The Morgan fingerprint density at radius 1 is 1.30 bits per heavy atom. The smallest absolute Gasteiger partial charge is 0.272 e. The summed E-state index contributed by atoms with van der Waals surface area (Å²) in [5.41, 5.74) is 1.51. The van der Waals surface area contributed by atoms with E-state index < -0.39 is 0 Å². The highest BCUT2D eigenvalue weighted by molar-refractivity contribution is 9.10. The van der Waals surface area contributed by atoms with Crippen LogP contribution in [0.4, 0.5) is 5.82 Å². The van der Waals surface area contributed by atoms with Gasteiger partial charge in [0.1, 0.15) is 11.5 Å². The summed E-state index contributed by atoms with van der Waals surface area (Å²) in [4.78, 5) is 18.2. The molecule has 0 bridgehead atoms. The third kappa shape index (κ3) is 3.57. The Morgan fingerprint density at radius 3 is 2.75 bits per heavy atom. The van der Waals surface area contributed by atoms with Crippen LogP contribution in [0.1, 0.15) is 16.1 Å². The number of anilines is 1. The van der Waals surface area contributed by atoms with Crippen molar-refractivity contribution in [1.82, 2.24) is 9.88 Å². The molecule has 0 saturated carbocycles. The highest BCUT2D eigenvalue weighted by Gasteiger charge is 2.13. The molecule has 1 N–H and O–H groups in total. The summed E-state index contributed by atoms with van der Waals surface area (Å²) in [7, 11) is 3.55. The van der Waals surface area contributed by atoms with Crippen LogP contribution in [-0.4, -0.2) is 29.9 Å². The average Bonchev–Trinajstić information content (AvgIpc) is 2.46. The topological polar surface area (TPSA) is 45.2 Å². The zero-order valence-electron chi connectivity index (χ0n) is 11.4. The van der Waals surface area contributed by atoms with Crippen molar-refractivity contribution in [2.24, 2.45) is 0 Å². The number of halogens is 1. The van der Waals surface area contributed by atoms with E-state index in [4.69, 9.17) is 0 Å². The van der Waals surface area contributed by atoms with Crippen molar-refractivity contribution >= 4 is 27.7 Å². The van der Waals surface area contributed by atoms with Crippen molar-refractivity contribution in [3.63, 3.8) is 0 Å². The van der Waals surface area contributed by atoms with Gasteiger partial charge in [-0.1, -0.05) is 34.1 Å². The Kier molecular flexibility index (Phi) is 4.74. The second-order valence-corrected chi connectivity index (χ2v) is 5.36. The summed E-state index contributed by atoms with van der Waals surface area (Å²) in [6, 6.07) is 13.3. The zero-order chi connectivity index (χ0) is 14.5. The number of hydrogen-bond donors (Lipinski definition) is 1. The minimum Gasteiger partial charge on any atom is -0.373 e. The normalized spacial score (nSPS) is 10.2. The summed E-state index contributed by atoms with van der Waals surface area (Å²) in [5.74, 6) is 0.591. The summed E-state index contributed by atoms with van der Waals surface area (Å²) in [6.07, 6.45) is 0. The molecule has 5 heteroatoms. The van der Waals surface area contributed by atoms with Gasteiger partial charge in [0, 0.05) is 25.1 Å². The molecule has 0 saturated heterocycles. The Balaban J connectivity index is 2.12. The first-order valence-corrected chi connectivity index (χ1v) is 7.04. The van der Waals surface area contributed by atoms with E-state index >= 15 is 0 Å². The van der Waals surface area contributed by atoms with E-state index in [1.165, 1.54) is 0 Å². The van der Waals surface area contributed by atoms with Crippen molar-refractivity contribution < 1.29 is 4.79 Å². The zero-order valence-corrected chi connectivity index (χ0v) is 13.0. The quantitative estimate of drug-likeness (QED) is 0.934. The van der Waals surface area contributed by atoms with Gasteiger partial charge < -0.3 is 10.2 Å². The molecule has 0 aliphatic rings. The van der Waals surface area contributed by atoms with Gasteiger partial charge in [-0.3, -0.25) is 4.79 Å². The molecule has 0 spiro atoms. The predicted octanol–water partition coefficient (Wildman–Crippen LogP) is 3.16. The van der Waals surface area contributed by atoms with Crippen LogP contribution in [0, 0.1) is 0 Å². The minimum absolute atomic E-state index is 0.0953. The maximum absolute atomic E-state index is 12.3. The summed E-state index contributed by atoms with van der Waals surface area (Å²) in [6.45, 7) is 0.545. The molecule has 0 unspecified atom stereocenters. The lowest BCUT2D eigenvalue weighted by Gasteiger charge is -2.17. The van der Waals surface area contributed by atoms with E-state index in [1.54, 1.807) is 25.1 Å². The van der Waals surface area contributed by atoms with E-state index in [-0.39, 0.29) is 5.91 Å². The third-order valence-corrected chi connectivity index (χ3v) is 3.37. The van der Waals surface area contributed by atoms with Gasteiger partial charge in [-0.25, -0.2) is 4.98 Å². The number of rotatable bonds is 4. The number of carbonyl (C=O) groups is 1. The van der Waals surface area contributed by atoms with Crippen molar-refractivity contribution in [2.45, 2.75) is 6.54 Å². The second kappa shape index (κ2) is 6.52. The van der Waals surface area contributed by atoms with Crippen LogP contribution >= 0.6 is 15.9 Å². The van der Waals surface area contributed by atoms with Gasteiger partial charge in [0.25, 0.3) is 5.91 Å². The molecule has 0 radical (unpaired) electrons. The van der Waals surface area contributed by atoms with Crippen LogP contribution in [-0.2, 0) is 6.54 Å². The van der Waals surface area contributed by atoms with Gasteiger partial charge in [0.05, 0.1) is 0 Å². The Bertz CT molecular complexity index is 616. The van der Waals surface area contributed by atoms with Crippen molar-refractivity contribution in [3.8, 4) is 0 Å². The lowest BCUT2D eigenvalue weighted by molar-refractivity contribution is 0.0779. The van der Waals surface area contributed by atoms with E-state index in [1.807, 2.05) is 36.4 Å². The Morgan fingerprint density at radius 2 is 2.05 bits per heavy atom. The standard InChI is InChI=1S/C15H16BrN3O/c1-17-14-8-4-7-13(18-14)15(20)19(2)10-11-5-3-6-12(16)9-11/h3-9H,10H2,1-2H3,(H,17,18). The van der Waals surface area contributed by atoms with Gasteiger partial charge >= 0.3 is 0 Å². The molecule has 0 atom stereocenters. The number of amides is 1. The van der Waals surface area contributed by atoms with E-state index in [9.17, 15) is 4.79 Å². The molecule has 1 heterocycles. The molecule has 0 aliphatic heterocycles. The van der Waals surface area contributed by atoms with E-state index in [2.05, 4.69) is 26.2 Å². The van der Waals surface area contributed by atoms with E-state index in [0.29, 0.717) is 18.1 Å². The SMILES string of the molecule is CNc1cccc(C(=O)N(C)Cc2cccc(Br)c2)n1. The summed E-state index contributed by atoms with van der Waals surface area (Å²) >= 11 is 3.43. The van der Waals surface area contributed by atoms with Crippen molar-refractivity contribution in [2.75, 3.05) is 19.4 Å². The van der Waals surface area contributed by atoms with Crippen LogP contribution in [0.3, 0.4) is 0 Å². The van der Waals surface area contributed by atoms with Crippen LogP contribution in [0.25, 0.3) is 0 Å². The first-order valence-electron chi connectivity index (χ1n) is 6.25. The number of hydrogen-bond acceptors (Lipinski definition) is 3. The lowest BCUT2D eigenvalue weighted by Crippen LogP contribution is -2.27. The Labute approximate surface area is 127 Å². The average molecular weight is 334 g/mol.